The summed E-state index contributed by atoms with van der Waals surface area (Å²) in [5, 5.41) is 3.58. The summed E-state index contributed by atoms with van der Waals surface area (Å²) in [4.78, 5) is 0. The number of nitrogens with one attached hydrogen (secondary N) is 1. The average molecular weight is 336 g/mol. The highest BCUT2D eigenvalue weighted by atomic mass is 16.5. The molecule has 3 nitrogen and oxygen atoms in total. The maximum absolute atomic E-state index is 6.16. The average Bonchev–Trinajstić information content (AvgIpc) is 2.68. The molecular weight excluding hydrogens is 308 g/mol. The molecule has 1 fully saturated rings. The van der Waals surface area contributed by atoms with Gasteiger partial charge in [-0.2, -0.15) is 0 Å². The minimum absolute atomic E-state index is 0.113. The Kier molecular flexibility index (Phi) is 5.44. The van der Waals surface area contributed by atoms with Crippen molar-refractivity contribution in [2.24, 2.45) is 5.73 Å². The predicted molar refractivity (Wildman–Crippen MR) is 105 cm³/mol. The zero-order valence-corrected chi connectivity index (χ0v) is 15.0. The molecule has 1 aliphatic carbocycles. The first kappa shape index (κ1) is 17.6. The van der Waals surface area contributed by atoms with Gasteiger partial charge in [0.25, 0.3) is 0 Å². The molecule has 0 atom stereocenters. The van der Waals surface area contributed by atoms with Gasteiger partial charge in [-0.25, -0.2) is 0 Å². The van der Waals surface area contributed by atoms with Crippen LogP contribution in [0.1, 0.15) is 36.8 Å². The first-order valence-corrected chi connectivity index (χ1v) is 9.02. The fraction of sp³-hybridized carbons (Fsp3) is 0.364. The van der Waals surface area contributed by atoms with E-state index in [-0.39, 0.29) is 5.41 Å². The lowest BCUT2D eigenvalue weighted by atomic mass is 9.68. The number of methoxy groups -OCH3 is 1. The van der Waals surface area contributed by atoms with E-state index in [1.165, 1.54) is 5.56 Å². The highest BCUT2D eigenvalue weighted by molar-refractivity contribution is 5.67. The van der Waals surface area contributed by atoms with Crippen LogP contribution in [0.15, 0.2) is 61.2 Å². The van der Waals surface area contributed by atoms with Crippen molar-refractivity contribution in [1.29, 1.82) is 0 Å². The van der Waals surface area contributed by atoms with E-state index in [1.54, 1.807) is 7.11 Å². The zero-order valence-electron chi connectivity index (χ0n) is 15.0. The van der Waals surface area contributed by atoms with Crippen LogP contribution in [0.3, 0.4) is 0 Å². The maximum Gasteiger partial charge on any atom is 0.128 e. The van der Waals surface area contributed by atoms with Gasteiger partial charge in [-0.3, -0.25) is 0 Å². The van der Waals surface area contributed by atoms with Crippen LogP contribution in [0.2, 0.25) is 0 Å². The van der Waals surface area contributed by atoms with Gasteiger partial charge in [0.05, 0.1) is 7.11 Å². The number of ether oxygens (including phenoxy) is 1. The first-order chi connectivity index (χ1) is 12.1. The van der Waals surface area contributed by atoms with Gasteiger partial charge in [0.1, 0.15) is 5.75 Å². The predicted octanol–water partition coefficient (Wildman–Crippen LogP) is 4.09. The van der Waals surface area contributed by atoms with Gasteiger partial charge in [-0.05, 0) is 43.4 Å². The lowest BCUT2D eigenvalue weighted by molar-refractivity contribution is 0.268. The van der Waals surface area contributed by atoms with Crippen LogP contribution in [-0.2, 0) is 5.41 Å². The Balaban J connectivity index is 1.78. The van der Waals surface area contributed by atoms with Gasteiger partial charge in [0.2, 0.25) is 0 Å². The molecule has 3 heteroatoms. The minimum Gasteiger partial charge on any atom is -0.496 e. The fourth-order valence-electron chi connectivity index (χ4n) is 3.82. The molecule has 2 aromatic carbocycles. The summed E-state index contributed by atoms with van der Waals surface area (Å²) in [5.74, 6) is 0.847. The Morgan fingerprint density at radius 3 is 2.44 bits per heavy atom. The van der Waals surface area contributed by atoms with Crippen molar-refractivity contribution in [3.05, 3.63) is 72.3 Å². The highest BCUT2D eigenvalue weighted by Gasteiger charge is 2.36. The van der Waals surface area contributed by atoms with Crippen molar-refractivity contribution in [3.63, 3.8) is 0 Å². The van der Waals surface area contributed by atoms with E-state index >= 15 is 0 Å². The molecule has 0 spiro atoms. The zero-order chi connectivity index (χ0) is 17.7. The second kappa shape index (κ2) is 7.75. The van der Waals surface area contributed by atoms with E-state index < -0.39 is 0 Å². The van der Waals surface area contributed by atoms with Gasteiger partial charge < -0.3 is 15.8 Å². The molecular formula is C22H28N2O. The normalized spacial score (nSPS) is 23.0. The molecule has 2 aromatic rings. The van der Waals surface area contributed by atoms with Crippen molar-refractivity contribution < 1.29 is 4.74 Å². The molecule has 1 aliphatic rings. The molecule has 0 heterocycles. The van der Waals surface area contributed by atoms with E-state index in [2.05, 4.69) is 42.2 Å². The van der Waals surface area contributed by atoms with Crippen LogP contribution < -0.4 is 15.8 Å². The molecule has 1 saturated carbocycles. The minimum atomic E-state index is 0.113. The number of hydrogen-bond acceptors (Lipinski definition) is 3. The highest BCUT2D eigenvalue weighted by Crippen LogP contribution is 2.39. The smallest absolute Gasteiger partial charge is 0.128 e. The standard InChI is InChI=1S/C22H28N2O/c1-17(20-10-6-7-11-21(20)25-2)24-16-22(14-12-19(23)13-15-22)18-8-4-3-5-9-18/h3-11,19,24H,1,12-16,23H2,2H3. The number of hydrogen-bond donors (Lipinski definition) is 2. The molecule has 0 unspecified atom stereocenters. The van der Waals surface area contributed by atoms with Crippen molar-refractivity contribution >= 4 is 5.70 Å². The molecule has 0 amide bonds. The Morgan fingerprint density at radius 1 is 1.12 bits per heavy atom. The van der Waals surface area contributed by atoms with Gasteiger partial charge >= 0.3 is 0 Å². The van der Waals surface area contributed by atoms with Crippen LogP contribution in [-0.4, -0.2) is 19.7 Å². The van der Waals surface area contributed by atoms with Crippen molar-refractivity contribution in [2.45, 2.75) is 37.1 Å². The largest absolute Gasteiger partial charge is 0.496 e. The molecule has 132 valence electrons. The van der Waals surface area contributed by atoms with Crippen LogP contribution in [0.5, 0.6) is 5.75 Å². The van der Waals surface area contributed by atoms with Gasteiger partial charge in [0.15, 0.2) is 0 Å². The van der Waals surface area contributed by atoms with Gasteiger partial charge in [-0.15, -0.1) is 0 Å². The molecule has 0 aromatic heterocycles. The monoisotopic (exact) mass is 336 g/mol. The first-order valence-electron chi connectivity index (χ1n) is 9.02. The molecule has 3 N–H and O–H groups in total. The van der Waals surface area contributed by atoms with Crippen molar-refractivity contribution in [2.75, 3.05) is 13.7 Å². The van der Waals surface area contributed by atoms with E-state index in [4.69, 9.17) is 10.5 Å². The van der Waals surface area contributed by atoms with E-state index in [0.29, 0.717) is 6.04 Å². The quantitative estimate of drug-likeness (QED) is 0.835. The van der Waals surface area contributed by atoms with E-state index in [1.807, 2.05) is 24.3 Å². The number of rotatable bonds is 6. The molecule has 0 radical (unpaired) electrons. The SMILES string of the molecule is C=C(NCC1(c2ccccc2)CCC(N)CC1)c1ccccc1OC. The summed E-state index contributed by atoms with van der Waals surface area (Å²) in [7, 11) is 1.69. The number of para-hydroxylation sites is 1. The molecule has 25 heavy (non-hydrogen) atoms. The van der Waals surface area contributed by atoms with Crippen molar-refractivity contribution in [3.8, 4) is 5.75 Å². The lowest BCUT2D eigenvalue weighted by Crippen LogP contribution is -2.43. The van der Waals surface area contributed by atoms with Crippen LogP contribution in [0, 0.1) is 0 Å². The molecule has 3 rings (SSSR count). The van der Waals surface area contributed by atoms with Crippen LogP contribution in [0.4, 0.5) is 0 Å². The Labute approximate surface area is 150 Å². The van der Waals surface area contributed by atoms with E-state index in [0.717, 1.165) is 49.2 Å². The second-order valence-electron chi connectivity index (χ2n) is 7.02. The summed E-state index contributed by atoms with van der Waals surface area (Å²) in [6.45, 7) is 5.10. The van der Waals surface area contributed by atoms with Crippen LogP contribution >= 0.6 is 0 Å². The Hall–Kier alpha value is -2.26. The summed E-state index contributed by atoms with van der Waals surface area (Å²) in [6.07, 6.45) is 4.34. The Bertz CT molecular complexity index is 703. The summed E-state index contributed by atoms with van der Waals surface area (Å²) >= 11 is 0. The maximum atomic E-state index is 6.16. The van der Waals surface area contributed by atoms with E-state index in [9.17, 15) is 0 Å². The lowest BCUT2D eigenvalue weighted by Gasteiger charge is -2.40. The third-order valence-corrected chi connectivity index (χ3v) is 5.45. The molecule has 0 bridgehead atoms. The summed E-state index contributed by atoms with van der Waals surface area (Å²) in [5.41, 5.74) is 9.59. The number of benzene rings is 2. The molecule has 0 saturated heterocycles. The number of nitrogens with two attached hydrogens (primary N) is 1. The van der Waals surface area contributed by atoms with Crippen LogP contribution in [0.25, 0.3) is 5.70 Å². The molecule has 0 aliphatic heterocycles. The third-order valence-electron chi connectivity index (χ3n) is 5.45. The summed E-state index contributed by atoms with van der Waals surface area (Å²) in [6, 6.07) is 19.1. The third kappa shape index (κ3) is 3.88. The summed E-state index contributed by atoms with van der Waals surface area (Å²) < 4.78 is 5.46. The Morgan fingerprint density at radius 2 is 1.76 bits per heavy atom. The topological polar surface area (TPSA) is 47.3 Å². The second-order valence-corrected chi connectivity index (χ2v) is 7.02. The fourth-order valence-corrected chi connectivity index (χ4v) is 3.82. The van der Waals surface area contributed by atoms with Crippen molar-refractivity contribution in [1.82, 2.24) is 5.32 Å². The van der Waals surface area contributed by atoms with Gasteiger partial charge in [-0.1, -0.05) is 49.0 Å². The van der Waals surface area contributed by atoms with Gasteiger partial charge in [0, 0.05) is 29.3 Å².